The number of anilines is 1. The number of quaternary nitrogens is 1. The van der Waals surface area contributed by atoms with Crippen molar-refractivity contribution in [3.63, 3.8) is 0 Å². The fourth-order valence-electron chi connectivity index (χ4n) is 3.03. The first-order valence-electron chi connectivity index (χ1n) is 7.50. The largest absolute Gasteiger partial charge is 1.00 e. The lowest BCUT2D eigenvalue weighted by atomic mass is 10.2. The van der Waals surface area contributed by atoms with Crippen LogP contribution in [0.2, 0.25) is 0 Å². The van der Waals surface area contributed by atoms with Gasteiger partial charge in [-0.3, -0.25) is 0 Å². The topological polar surface area (TPSA) is 21.7 Å². The number of hydrogen-bond acceptors (Lipinski definition) is 3. The molecule has 2 rings (SSSR count). The summed E-state index contributed by atoms with van der Waals surface area (Å²) in [5.41, 5.74) is 1.18. The summed E-state index contributed by atoms with van der Waals surface area (Å²) in [4.78, 5) is 2.43. The minimum Gasteiger partial charge on any atom is -1.00 e. The maximum Gasteiger partial charge on any atom is 0.145 e. The van der Waals surface area contributed by atoms with Crippen LogP contribution in [0.15, 0.2) is 18.2 Å². The number of rotatable bonds is 5. The summed E-state index contributed by atoms with van der Waals surface area (Å²) in [6.07, 6.45) is 0. The molecule has 1 aliphatic heterocycles. The zero-order valence-electron chi connectivity index (χ0n) is 13.6. The van der Waals surface area contributed by atoms with Crippen LogP contribution >= 0.6 is 0 Å². The van der Waals surface area contributed by atoms with E-state index in [0.29, 0.717) is 0 Å². The third-order valence-corrected chi connectivity index (χ3v) is 4.76. The molecule has 0 aliphatic carbocycles. The normalized spacial score (nSPS) is 17.0. The first kappa shape index (κ1) is 18.4. The number of methoxy groups -OCH3 is 2. The van der Waals surface area contributed by atoms with Crippen LogP contribution in [0, 0.1) is 0 Å². The molecule has 0 spiro atoms. The lowest BCUT2D eigenvalue weighted by Crippen LogP contribution is -3.00. The van der Waals surface area contributed by atoms with E-state index in [-0.39, 0.29) is 24.0 Å². The molecule has 1 aromatic rings. The number of nitrogens with zero attached hydrogens (tertiary/aromatic N) is 2. The molecule has 0 radical (unpaired) electrons. The Labute approximate surface area is 145 Å². The number of likely N-dealkylation sites (N-methyl/N-ethyl adjacent to an activating group) is 1. The van der Waals surface area contributed by atoms with Crippen LogP contribution in [0.25, 0.3) is 0 Å². The second kappa shape index (κ2) is 8.08. The minimum atomic E-state index is 0. The lowest BCUT2D eigenvalue weighted by Gasteiger charge is -2.44. The molecule has 5 heteroatoms. The van der Waals surface area contributed by atoms with Crippen molar-refractivity contribution >= 4 is 5.69 Å². The monoisotopic (exact) mass is 406 g/mol. The Kier molecular flexibility index (Phi) is 7.06. The lowest BCUT2D eigenvalue weighted by molar-refractivity contribution is -0.925. The van der Waals surface area contributed by atoms with Crippen molar-refractivity contribution in [2.45, 2.75) is 13.8 Å². The quantitative estimate of drug-likeness (QED) is 0.481. The predicted octanol–water partition coefficient (Wildman–Crippen LogP) is -0.616. The second-order valence-corrected chi connectivity index (χ2v) is 5.45. The van der Waals surface area contributed by atoms with Gasteiger partial charge in [-0.05, 0) is 26.0 Å². The molecule has 0 amide bonds. The summed E-state index contributed by atoms with van der Waals surface area (Å²) in [6.45, 7) is 11.6. The Morgan fingerprint density at radius 3 is 2.14 bits per heavy atom. The molecule has 120 valence electrons. The summed E-state index contributed by atoms with van der Waals surface area (Å²) in [5.74, 6) is 1.74. The molecule has 1 aromatic carbocycles. The van der Waals surface area contributed by atoms with E-state index < -0.39 is 0 Å². The zero-order valence-corrected chi connectivity index (χ0v) is 15.7. The maximum absolute atomic E-state index is 5.52. The van der Waals surface area contributed by atoms with Crippen molar-refractivity contribution in [1.82, 2.24) is 0 Å². The highest BCUT2D eigenvalue weighted by Crippen LogP contribution is 2.33. The molecule has 1 heterocycles. The van der Waals surface area contributed by atoms with Crippen molar-refractivity contribution in [2.24, 2.45) is 0 Å². The smallest absolute Gasteiger partial charge is 0.145 e. The van der Waals surface area contributed by atoms with E-state index in [1.807, 2.05) is 12.1 Å². The van der Waals surface area contributed by atoms with E-state index in [4.69, 9.17) is 9.47 Å². The zero-order chi connectivity index (χ0) is 14.6. The van der Waals surface area contributed by atoms with E-state index in [1.54, 1.807) is 14.2 Å². The summed E-state index contributed by atoms with van der Waals surface area (Å²) in [7, 11) is 3.41. The Morgan fingerprint density at radius 1 is 1.05 bits per heavy atom. The Morgan fingerprint density at radius 2 is 1.67 bits per heavy atom. The fraction of sp³-hybridized carbons (Fsp3) is 0.625. The summed E-state index contributed by atoms with van der Waals surface area (Å²) in [5, 5.41) is 0. The van der Waals surface area contributed by atoms with Gasteiger partial charge in [0.25, 0.3) is 0 Å². The average molecular weight is 406 g/mol. The van der Waals surface area contributed by atoms with Gasteiger partial charge in [-0.15, -0.1) is 0 Å². The van der Waals surface area contributed by atoms with Crippen LogP contribution in [0.5, 0.6) is 11.5 Å². The van der Waals surface area contributed by atoms with Crippen molar-refractivity contribution in [3.05, 3.63) is 18.2 Å². The van der Waals surface area contributed by atoms with Crippen molar-refractivity contribution in [1.29, 1.82) is 0 Å². The van der Waals surface area contributed by atoms with E-state index in [9.17, 15) is 0 Å². The molecule has 1 aliphatic rings. The van der Waals surface area contributed by atoms with Gasteiger partial charge in [0.2, 0.25) is 0 Å². The third kappa shape index (κ3) is 3.94. The van der Waals surface area contributed by atoms with Crippen LogP contribution < -0.4 is 38.4 Å². The third-order valence-electron chi connectivity index (χ3n) is 4.76. The number of ether oxygens (including phenoxy) is 2. The molecular formula is C16H27IN2O2. The molecule has 0 aromatic heterocycles. The predicted molar refractivity (Wildman–Crippen MR) is 82.8 cm³/mol. The second-order valence-electron chi connectivity index (χ2n) is 5.45. The number of benzene rings is 1. The molecule has 0 unspecified atom stereocenters. The first-order valence-corrected chi connectivity index (χ1v) is 7.50. The van der Waals surface area contributed by atoms with Crippen LogP contribution in [0.3, 0.4) is 0 Å². The molecule has 1 fully saturated rings. The molecule has 21 heavy (non-hydrogen) atoms. The highest BCUT2D eigenvalue weighted by molar-refractivity contribution is 5.61. The number of halogens is 1. The van der Waals surface area contributed by atoms with Crippen LogP contribution in [0.1, 0.15) is 13.8 Å². The van der Waals surface area contributed by atoms with Gasteiger partial charge >= 0.3 is 0 Å². The Hall–Kier alpha value is -0.690. The molecule has 4 nitrogen and oxygen atoms in total. The number of hydrogen-bond donors (Lipinski definition) is 0. The molecular weight excluding hydrogens is 379 g/mol. The minimum absolute atomic E-state index is 0. The van der Waals surface area contributed by atoms with E-state index in [1.165, 1.54) is 36.3 Å². The highest BCUT2D eigenvalue weighted by atomic mass is 127. The summed E-state index contributed by atoms with van der Waals surface area (Å²) in [6, 6.07) is 6.08. The molecule has 0 bridgehead atoms. The Balaban J connectivity index is 0.00000220. The average Bonchev–Trinajstić information content (AvgIpc) is 2.54. The van der Waals surface area contributed by atoms with Crippen molar-refractivity contribution < 1.29 is 37.9 Å². The van der Waals surface area contributed by atoms with E-state index in [0.717, 1.165) is 24.6 Å². The molecule has 0 atom stereocenters. The van der Waals surface area contributed by atoms with Gasteiger partial charge in [-0.25, -0.2) is 0 Å². The van der Waals surface area contributed by atoms with Crippen LogP contribution in [0.4, 0.5) is 5.69 Å². The standard InChI is InChI=1S/C16H27N2O2.HI/c1-5-18(6-2)11-9-17(10-12-18)15-8-7-14(19-3)13-16(15)20-4;/h7-8,13H,5-6,9-12H2,1-4H3;1H/q+1;/p-1. The summed E-state index contributed by atoms with van der Waals surface area (Å²) >= 11 is 0. The molecule has 0 N–H and O–H groups in total. The van der Waals surface area contributed by atoms with Gasteiger partial charge in [0.1, 0.15) is 11.5 Å². The number of piperazine rings is 1. The van der Waals surface area contributed by atoms with Crippen LogP contribution in [-0.2, 0) is 0 Å². The fourth-order valence-corrected chi connectivity index (χ4v) is 3.03. The van der Waals surface area contributed by atoms with Gasteiger partial charge in [0.05, 0.1) is 59.2 Å². The SMILES string of the molecule is CC[N+]1(CC)CCN(c2ccc(OC)cc2OC)CC1.[I-]. The van der Waals surface area contributed by atoms with E-state index >= 15 is 0 Å². The van der Waals surface area contributed by atoms with Crippen LogP contribution in [-0.4, -0.2) is 58.0 Å². The van der Waals surface area contributed by atoms with Gasteiger partial charge in [0, 0.05) is 6.07 Å². The van der Waals surface area contributed by atoms with Crippen molar-refractivity contribution in [2.75, 3.05) is 58.4 Å². The Bertz CT molecular complexity index is 440. The van der Waals surface area contributed by atoms with Gasteiger partial charge in [-0.2, -0.15) is 0 Å². The first-order chi connectivity index (χ1) is 9.68. The van der Waals surface area contributed by atoms with Crippen molar-refractivity contribution in [3.8, 4) is 11.5 Å². The maximum atomic E-state index is 5.52. The molecule has 1 saturated heterocycles. The van der Waals surface area contributed by atoms with Gasteiger partial charge in [-0.1, -0.05) is 0 Å². The van der Waals surface area contributed by atoms with Gasteiger partial charge < -0.3 is 42.8 Å². The summed E-state index contributed by atoms with van der Waals surface area (Å²) < 4.78 is 12.0. The van der Waals surface area contributed by atoms with Gasteiger partial charge in [0.15, 0.2) is 0 Å². The molecule has 0 saturated carbocycles. The van der Waals surface area contributed by atoms with E-state index in [2.05, 4.69) is 24.8 Å². The highest BCUT2D eigenvalue weighted by Gasteiger charge is 2.30.